The van der Waals surface area contributed by atoms with Crippen molar-refractivity contribution in [3.63, 3.8) is 0 Å². The molecule has 30 heteroatoms. The van der Waals surface area contributed by atoms with E-state index in [0.717, 1.165) is 0 Å². The van der Waals surface area contributed by atoms with Gasteiger partial charge < -0.3 is 9.31 Å². The fourth-order valence-electron chi connectivity index (χ4n) is 8.07. The van der Waals surface area contributed by atoms with Crippen LogP contribution in [0.15, 0.2) is 0 Å². The first kappa shape index (κ1) is 48.6. The van der Waals surface area contributed by atoms with Crippen LogP contribution in [0, 0.1) is 145 Å². The average Bonchev–Trinajstić information content (AvgIpc) is 3.58. The average molecular weight is 1050 g/mol. The Morgan fingerprint density at radius 1 is 0.225 bits per heavy atom. The quantitative estimate of drug-likeness (QED) is 0.0543. The lowest BCUT2D eigenvalue weighted by Crippen LogP contribution is -2.47. The van der Waals surface area contributed by atoms with Crippen molar-refractivity contribution in [2.75, 3.05) is 0 Å². The number of halogens is 27. The first-order valence-corrected chi connectivity index (χ1v) is 18.0. The molecule has 0 radical (unpaired) electrons. The van der Waals surface area contributed by atoms with Crippen LogP contribution in [-0.2, 0) is 5.92 Å². The molecule has 0 unspecified atom stereocenters. The van der Waals surface area contributed by atoms with Gasteiger partial charge in [-0.25, -0.2) is 101 Å². The van der Waals surface area contributed by atoms with Gasteiger partial charge in [0, 0.05) is 27.3 Å². The molecule has 0 saturated heterocycles. The van der Waals surface area contributed by atoms with Gasteiger partial charge in [-0.1, -0.05) is 0 Å². The van der Waals surface area contributed by atoms with Crippen molar-refractivity contribution in [1.29, 1.82) is 0 Å². The summed E-state index contributed by atoms with van der Waals surface area (Å²) in [5.74, 6) is -93.0. The molecule has 0 N–H and O–H groups in total. The minimum Gasteiger partial charge on any atom is -0.519 e. The lowest BCUT2D eigenvalue weighted by atomic mass is 9.72. The van der Waals surface area contributed by atoms with E-state index in [2.05, 4.69) is 9.31 Å². The summed E-state index contributed by atoms with van der Waals surface area (Å²) in [6, 6.07) is 0. The molecule has 1 aliphatic rings. The molecule has 0 amide bonds. The normalized spacial score (nSPS) is 13.1. The highest BCUT2D eigenvalue weighted by Gasteiger charge is 2.56. The van der Waals surface area contributed by atoms with E-state index in [9.17, 15) is 30.7 Å². The van der Waals surface area contributed by atoms with Crippen LogP contribution in [0.1, 0.15) is 11.1 Å². The highest BCUT2D eigenvalue weighted by atomic mass is 19.3. The van der Waals surface area contributed by atoms with Gasteiger partial charge >= 0.3 is 13.0 Å². The van der Waals surface area contributed by atoms with Crippen molar-refractivity contribution in [1.82, 2.24) is 0 Å². The van der Waals surface area contributed by atoms with Crippen LogP contribution in [0.5, 0.6) is 11.5 Å². The third-order valence-electron chi connectivity index (χ3n) is 11.1. The minimum atomic E-state index is -5.98. The minimum absolute atomic E-state index is 2.16. The van der Waals surface area contributed by atoms with Gasteiger partial charge in [-0.3, -0.25) is 0 Å². The second-order valence-corrected chi connectivity index (χ2v) is 14.6. The van der Waals surface area contributed by atoms with Crippen molar-refractivity contribution in [3.8, 4) is 33.8 Å². The lowest BCUT2D eigenvalue weighted by Gasteiger charge is -2.26. The molecule has 0 fully saturated rings. The molecule has 9 rings (SSSR count). The van der Waals surface area contributed by atoms with Crippen LogP contribution in [0.25, 0.3) is 54.6 Å². The molecule has 0 spiro atoms. The van der Waals surface area contributed by atoms with Crippen LogP contribution in [0.3, 0.4) is 0 Å². The molecule has 71 heavy (non-hydrogen) atoms. The molecule has 2 nitrogen and oxygen atoms in total. The molecule has 8 aromatic rings. The van der Waals surface area contributed by atoms with Gasteiger partial charge in [-0.05, 0) is 0 Å². The van der Waals surface area contributed by atoms with Crippen LogP contribution >= 0.6 is 0 Å². The Kier molecular flexibility index (Phi) is 10.6. The zero-order valence-electron chi connectivity index (χ0n) is 32.1. The lowest BCUT2D eigenvalue weighted by molar-refractivity contribution is 0.0404. The zero-order chi connectivity index (χ0) is 52.6. The first-order chi connectivity index (χ1) is 33.0. The number of rotatable bonds is 6. The summed E-state index contributed by atoms with van der Waals surface area (Å²) in [5.41, 5.74) is -20.4. The number of alkyl halides is 2. The maximum atomic E-state index is 16.7. The van der Waals surface area contributed by atoms with E-state index in [-0.39, 0.29) is 0 Å². The molecular weight excluding hydrogens is 1050 g/mol. The molecule has 8 aromatic carbocycles. The number of hydrogen-bond donors (Lipinski definition) is 0. The standard InChI is InChI=1S/C41BF27O2/c43-14-3-4-12(41(68,69)11(3)26(55)34(63)29(14)58)40(38(67)33(62)15(4)44)71-42(70-39-10(25(54)32(61)36(65)37(39)66)9-23(52)30(59)35(64)31(60)24(9)53)13-5-1-2-7(17(46)16(5)45)21(50)28(57)22(51)8(2)19(48)18(47)6(1)20(49)27(13)56. The number of benzene rings is 8. The van der Waals surface area contributed by atoms with Crippen LogP contribution in [0.4, 0.5) is 119 Å². The van der Waals surface area contributed by atoms with E-state index in [1.54, 1.807) is 0 Å². The summed E-state index contributed by atoms with van der Waals surface area (Å²) in [6.07, 6.45) is 0. The summed E-state index contributed by atoms with van der Waals surface area (Å²) in [5, 5.41) is -14.4. The predicted molar refractivity (Wildman–Crippen MR) is 182 cm³/mol. The maximum absolute atomic E-state index is 16.7. The second-order valence-electron chi connectivity index (χ2n) is 14.6. The largest absolute Gasteiger partial charge is 0.636 e. The Balaban J connectivity index is 1.49. The van der Waals surface area contributed by atoms with Crippen molar-refractivity contribution in [3.05, 3.63) is 157 Å². The van der Waals surface area contributed by atoms with Gasteiger partial charge in [0.25, 0.3) is 0 Å². The Morgan fingerprint density at radius 2 is 0.507 bits per heavy atom. The topological polar surface area (TPSA) is 18.5 Å². The number of hydrogen-bond acceptors (Lipinski definition) is 2. The smallest absolute Gasteiger partial charge is 0.519 e. The van der Waals surface area contributed by atoms with Crippen LogP contribution < -0.4 is 14.8 Å². The van der Waals surface area contributed by atoms with Crippen molar-refractivity contribution in [2.45, 2.75) is 5.92 Å². The van der Waals surface area contributed by atoms with Gasteiger partial charge in [-0.15, -0.1) is 0 Å². The van der Waals surface area contributed by atoms with Gasteiger partial charge in [0.15, 0.2) is 134 Å². The van der Waals surface area contributed by atoms with Gasteiger partial charge in [0.05, 0.1) is 43.9 Å². The van der Waals surface area contributed by atoms with E-state index in [1.807, 2.05) is 0 Å². The molecule has 0 bridgehead atoms. The SMILES string of the molecule is Fc1c(F)c(F)c(-c2c(F)c(F)c(F)c(F)c2OB(Oc2c(F)c(F)c(F)c3c2C(F)(F)c2c(F)c(F)c(F)c(F)c2-3)c2c(F)c(F)c3c(F)c(F)c4c(F)c(F)c(F)c5c(F)c(F)c2c3c45)c(F)c1F. The Bertz CT molecular complexity index is 3760. The van der Waals surface area contributed by atoms with E-state index < -0.39 is 241 Å². The highest BCUT2D eigenvalue weighted by Crippen LogP contribution is 2.59. The third kappa shape index (κ3) is 5.94. The Morgan fingerprint density at radius 3 is 0.986 bits per heavy atom. The van der Waals surface area contributed by atoms with Crippen molar-refractivity contribution < 1.29 is 128 Å². The predicted octanol–water partition coefficient (Wildman–Crippen LogP) is 13.7. The summed E-state index contributed by atoms with van der Waals surface area (Å²) < 4.78 is 425. The summed E-state index contributed by atoms with van der Waals surface area (Å²) in [6.45, 7) is 0. The van der Waals surface area contributed by atoms with Crippen LogP contribution in [0.2, 0.25) is 0 Å². The van der Waals surface area contributed by atoms with E-state index >= 15 is 87.8 Å². The molecule has 0 aliphatic heterocycles. The summed E-state index contributed by atoms with van der Waals surface area (Å²) in [7, 11) is -4.72. The van der Waals surface area contributed by atoms with Gasteiger partial charge in [-0.2, -0.15) is 17.6 Å². The molecule has 0 saturated carbocycles. The zero-order valence-corrected chi connectivity index (χ0v) is 32.1. The molecule has 0 heterocycles. The van der Waals surface area contributed by atoms with Gasteiger partial charge in [0.2, 0.25) is 23.3 Å². The molecule has 0 atom stereocenters. The first-order valence-electron chi connectivity index (χ1n) is 18.0. The fraction of sp³-hybridized carbons (Fsp3) is 0.0244. The van der Waals surface area contributed by atoms with E-state index in [1.165, 1.54) is 0 Å². The van der Waals surface area contributed by atoms with E-state index in [0.29, 0.717) is 0 Å². The molecule has 0 aromatic heterocycles. The monoisotopic (exact) mass is 1050 g/mol. The highest BCUT2D eigenvalue weighted by molar-refractivity contribution is 6.66. The van der Waals surface area contributed by atoms with E-state index in [4.69, 9.17) is 0 Å². The second kappa shape index (κ2) is 15.5. The Hall–Kier alpha value is -7.43. The number of fused-ring (bicyclic) bond motifs is 3. The van der Waals surface area contributed by atoms with Gasteiger partial charge in [0.1, 0.15) is 0 Å². The molecule has 1 aliphatic carbocycles. The molecule has 368 valence electrons. The van der Waals surface area contributed by atoms with Crippen molar-refractivity contribution >= 4 is 44.9 Å². The summed E-state index contributed by atoms with van der Waals surface area (Å²) in [4.78, 5) is 0. The molecular formula is C41BF27O2. The summed E-state index contributed by atoms with van der Waals surface area (Å²) >= 11 is 0. The maximum Gasteiger partial charge on any atom is 0.636 e. The fourth-order valence-corrected chi connectivity index (χ4v) is 8.07. The van der Waals surface area contributed by atoms with Crippen LogP contribution in [-0.4, -0.2) is 7.12 Å². The van der Waals surface area contributed by atoms with Crippen molar-refractivity contribution in [2.24, 2.45) is 0 Å². The Labute approximate surface area is 369 Å². The third-order valence-corrected chi connectivity index (χ3v) is 11.1.